The van der Waals surface area contributed by atoms with Gasteiger partial charge >= 0.3 is 6.03 Å². The van der Waals surface area contributed by atoms with Gasteiger partial charge in [-0.15, -0.1) is 0 Å². The lowest BCUT2D eigenvalue weighted by Crippen LogP contribution is -2.51. The summed E-state index contributed by atoms with van der Waals surface area (Å²) in [6, 6.07) is 6.35. The van der Waals surface area contributed by atoms with Gasteiger partial charge in [0.25, 0.3) is 0 Å². The van der Waals surface area contributed by atoms with Gasteiger partial charge < -0.3 is 35.2 Å². The largest absolute Gasteiger partial charge is 0.497 e. The van der Waals surface area contributed by atoms with Gasteiger partial charge in [0.15, 0.2) is 0 Å². The number of rotatable bonds is 9. The second-order valence-corrected chi connectivity index (χ2v) is 7.23. The number of methoxy groups -OCH3 is 1. The van der Waals surface area contributed by atoms with Crippen LogP contribution in [0.5, 0.6) is 5.75 Å². The van der Waals surface area contributed by atoms with Crippen LogP contribution in [-0.4, -0.2) is 105 Å². The summed E-state index contributed by atoms with van der Waals surface area (Å²) in [5.74, 6) is 0.647. The molecule has 1 heterocycles. The average Bonchev–Trinajstić information content (AvgIpc) is 3.00. The van der Waals surface area contributed by atoms with Crippen molar-refractivity contribution in [2.45, 2.75) is 24.4 Å². The van der Waals surface area contributed by atoms with Gasteiger partial charge in [-0.1, -0.05) is 6.07 Å². The molecule has 1 saturated heterocycles. The Morgan fingerprint density at radius 3 is 2.64 bits per heavy atom. The number of nitrogens with zero attached hydrogens (tertiary/aromatic N) is 2. The number of amides is 2. The first-order valence-electron chi connectivity index (χ1n) is 9.34. The Morgan fingerprint density at radius 2 is 2.00 bits per heavy atom. The summed E-state index contributed by atoms with van der Waals surface area (Å²) in [5.41, 5.74) is 0.608. The summed E-state index contributed by atoms with van der Waals surface area (Å²) >= 11 is 0. The van der Waals surface area contributed by atoms with E-state index in [2.05, 4.69) is 15.5 Å². The zero-order chi connectivity index (χ0) is 20.7. The minimum atomic E-state index is -0.828. The number of urea groups is 1. The number of aliphatic hydroxyl groups excluding tert-OH is 2. The molecule has 1 aliphatic rings. The van der Waals surface area contributed by atoms with Crippen molar-refractivity contribution in [2.24, 2.45) is 0 Å². The van der Waals surface area contributed by atoms with Gasteiger partial charge in [-0.3, -0.25) is 4.90 Å². The van der Waals surface area contributed by atoms with Crippen LogP contribution in [-0.2, 0) is 4.74 Å². The summed E-state index contributed by atoms with van der Waals surface area (Å²) in [7, 11) is 7.43. The normalized spacial score (nSPS) is 24.6. The van der Waals surface area contributed by atoms with Crippen molar-refractivity contribution < 1.29 is 24.5 Å². The third-order valence-electron chi connectivity index (χ3n) is 4.84. The molecule has 4 atom stereocenters. The molecule has 9 nitrogen and oxygen atoms in total. The van der Waals surface area contributed by atoms with Gasteiger partial charge in [-0.05, 0) is 33.3 Å². The predicted octanol–water partition coefficient (Wildman–Crippen LogP) is -0.201. The van der Waals surface area contributed by atoms with Gasteiger partial charge in [0.05, 0.1) is 25.9 Å². The molecule has 9 heteroatoms. The lowest BCUT2D eigenvalue weighted by molar-refractivity contribution is -0.0205. The highest BCUT2D eigenvalue weighted by molar-refractivity contribution is 5.89. The number of carbonyl (C=O) groups excluding carboxylic acids is 1. The molecule has 1 aliphatic heterocycles. The van der Waals surface area contributed by atoms with E-state index in [1.165, 1.54) is 0 Å². The monoisotopic (exact) mass is 396 g/mol. The molecule has 0 bridgehead atoms. The van der Waals surface area contributed by atoms with Crippen molar-refractivity contribution in [3.63, 3.8) is 0 Å². The Hall–Kier alpha value is -1.91. The number of aliphatic hydroxyl groups is 2. The molecule has 1 fully saturated rings. The fourth-order valence-electron chi connectivity index (χ4n) is 3.27. The number of hydrogen-bond acceptors (Lipinski definition) is 7. The lowest BCUT2D eigenvalue weighted by Gasteiger charge is -2.31. The minimum absolute atomic E-state index is 0.209. The SMILES string of the molecule is COc1cccc(NC(=O)NCC2OC(CO)C(O)C2N(C)CCN(C)C)c1. The van der Waals surface area contributed by atoms with Crippen molar-refractivity contribution in [2.75, 3.05) is 59.8 Å². The highest BCUT2D eigenvalue weighted by Gasteiger charge is 2.45. The van der Waals surface area contributed by atoms with Crippen molar-refractivity contribution in [3.8, 4) is 5.75 Å². The van der Waals surface area contributed by atoms with Gasteiger partial charge in [0.2, 0.25) is 0 Å². The predicted molar refractivity (Wildman–Crippen MR) is 107 cm³/mol. The number of benzene rings is 1. The fraction of sp³-hybridized carbons (Fsp3) is 0.632. The van der Waals surface area contributed by atoms with Crippen LogP contribution in [0.3, 0.4) is 0 Å². The molecule has 158 valence electrons. The zero-order valence-corrected chi connectivity index (χ0v) is 17.0. The summed E-state index contributed by atoms with van der Waals surface area (Å²) in [6.45, 7) is 1.48. The molecular weight excluding hydrogens is 364 g/mol. The highest BCUT2D eigenvalue weighted by Crippen LogP contribution is 2.25. The molecule has 2 rings (SSSR count). The van der Waals surface area contributed by atoms with Crippen LogP contribution in [0.4, 0.5) is 10.5 Å². The maximum absolute atomic E-state index is 12.2. The van der Waals surface area contributed by atoms with Crippen LogP contribution >= 0.6 is 0 Å². The summed E-state index contributed by atoms with van der Waals surface area (Å²) in [6.07, 6.45) is -1.93. The average molecular weight is 396 g/mol. The summed E-state index contributed by atoms with van der Waals surface area (Å²) < 4.78 is 10.9. The smallest absolute Gasteiger partial charge is 0.319 e. The Kier molecular flexibility index (Phi) is 8.46. The molecule has 0 aliphatic carbocycles. The Labute approximate surface area is 166 Å². The summed E-state index contributed by atoms with van der Waals surface area (Å²) in [5, 5.41) is 25.5. The van der Waals surface area contributed by atoms with Crippen LogP contribution in [0.25, 0.3) is 0 Å². The number of hydrogen-bond donors (Lipinski definition) is 4. The second kappa shape index (κ2) is 10.6. The van der Waals surface area contributed by atoms with Crippen molar-refractivity contribution in [1.82, 2.24) is 15.1 Å². The topological polar surface area (TPSA) is 107 Å². The van der Waals surface area contributed by atoms with Gasteiger partial charge in [0.1, 0.15) is 18.0 Å². The van der Waals surface area contributed by atoms with Crippen LogP contribution in [0.1, 0.15) is 0 Å². The molecule has 1 aromatic carbocycles. The number of carbonyl (C=O) groups is 1. The van der Waals surface area contributed by atoms with Gasteiger partial charge in [0, 0.05) is 31.4 Å². The number of ether oxygens (including phenoxy) is 2. The van der Waals surface area contributed by atoms with Crippen molar-refractivity contribution in [3.05, 3.63) is 24.3 Å². The van der Waals surface area contributed by atoms with Crippen LogP contribution in [0.15, 0.2) is 24.3 Å². The number of anilines is 1. The van der Waals surface area contributed by atoms with Crippen molar-refractivity contribution in [1.29, 1.82) is 0 Å². The first-order chi connectivity index (χ1) is 13.3. The van der Waals surface area contributed by atoms with E-state index < -0.39 is 18.3 Å². The molecule has 0 saturated carbocycles. The Morgan fingerprint density at radius 1 is 1.25 bits per heavy atom. The van der Waals surface area contributed by atoms with Gasteiger partial charge in [-0.25, -0.2) is 4.79 Å². The molecule has 2 amide bonds. The number of nitrogens with one attached hydrogen (secondary N) is 2. The Balaban J connectivity index is 1.94. The van der Waals surface area contributed by atoms with E-state index >= 15 is 0 Å². The van der Waals surface area contributed by atoms with E-state index in [1.54, 1.807) is 31.4 Å². The van der Waals surface area contributed by atoms with E-state index in [1.807, 2.05) is 26.0 Å². The van der Waals surface area contributed by atoms with Crippen LogP contribution in [0.2, 0.25) is 0 Å². The molecule has 4 N–H and O–H groups in total. The molecule has 0 spiro atoms. The molecular formula is C19H32N4O5. The fourth-order valence-corrected chi connectivity index (χ4v) is 3.27. The Bertz CT molecular complexity index is 630. The maximum Gasteiger partial charge on any atom is 0.319 e. The van der Waals surface area contributed by atoms with Crippen LogP contribution < -0.4 is 15.4 Å². The van der Waals surface area contributed by atoms with Crippen LogP contribution in [0, 0.1) is 0 Å². The van der Waals surface area contributed by atoms with E-state index in [9.17, 15) is 15.0 Å². The highest BCUT2D eigenvalue weighted by atomic mass is 16.5. The quantitative estimate of drug-likeness (QED) is 0.458. The lowest BCUT2D eigenvalue weighted by atomic mass is 10.0. The molecule has 0 radical (unpaired) electrons. The third kappa shape index (κ3) is 6.05. The maximum atomic E-state index is 12.2. The van der Waals surface area contributed by atoms with Crippen molar-refractivity contribution >= 4 is 11.7 Å². The van der Waals surface area contributed by atoms with E-state index in [0.29, 0.717) is 11.4 Å². The molecule has 28 heavy (non-hydrogen) atoms. The standard InChI is InChI=1S/C19H32N4O5/c1-22(2)8-9-23(3)17-15(28-16(12-24)18(17)25)11-20-19(26)21-13-6-5-7-14(10-13)27-4/h5-7,10,15-18,24-25H,8-9,11-12H2,1-4H3,(H2,20,21,26). The minimum Gasteiger partial charge on any atom is -0.497 e. The van der Waals surface area contributed by atoms with E-state index in [0.717, 1.165) is 13.1 Å². The summed E-state index contributed by atoms with van der Waals surface area (Å²) in [4.78, 5) is 16.3. The molecule has 4 unspecified atom stereocenters. The molecule has 0 aromatic heterocycles. The van der Waals surface area contributed by atoms with E-state index in [-0.39, 0.29) is 25.2 Å². The molecule has 1 aromatic rings. The second-order valence-electron chi connectivity index (χ2n) is 7.23. The first-order valence-corrected chi connectivity index (χ1v) is 9.34. The first kappa shape index (κ1) is 22.4. The van der Waals surface area contributed by atoms with E-state index in [4.69, 9.17) is 9.47 Å². The third-order valence-corrected chi connectivity index (χ3v) is 4.84. The number of likely N-dealkylation sites (N-methyl/N-ethyl adjacent to an activating group) is 2. The van der Waals surface area contributed by atoms with Gasteiger partial charge in [-0.2, -0.15) is 0 Å². The zero-order valence-electron chi connectivity index (χ0n) is 17.0.